The maximum Gasteiger partial charge on any atom is 0.304 e. The van der Waals surface area contributed by atoms with Crippen molar-refractivity contribution in [3.05, 3.63) is 95.6 Å². The molecule has 5 heteroatoms. The zero-order valence-electron chi connectivity index (χ0n) is 18.3. The normalized spacial score (nSPS) is 10.6. The van der Waals surface area contributed by atoms with Crippen molar-refractivity contribution >= 4 is 5.97 Å². The topological polar surface area (TPSA) is 67.8 Å². The minimum atomic E-state index is -0.769. The lowest BCUT2D eigenvalue weighted by atomic mass is 10.1. The van der Waals surface area contributed by atoms with Crippen LogP contribution in [0.5, 0.6) is 11.5 Å². The maximum absolute atomic E-state index is 10.5. The van der Waals surface area contributed by atoms with Crippen LogP contribution in [-0.4, -0.2) is 30.8 Å². The molecule has 0 heterocycles. The Balaban J connectivity index is 1.35. The number of carboxylic acid groups (broad SMARTS) is 1. The van der Waals surface area contributed by atoms with Crippen molar-refractivity contribution in [2.45, 2.75) is 32.3 Å². The quantitative estimate of drug-likeness (QED) is 0.355. The summed E-state index contributed by atoms with van der Waals surface area (Å²) in [5.41, 5.74) is 3.59. The van der Waals surface area contributed by atoms with Gasteiger partial charge in [0.15, 0.2) is 0 Å². The Labute approximate surface area is 190 Å². The molecule has 0 spiro atoms. The van der Waals surface area contributed by atoms with E-state index < -0.39 is 5.97 Å². The molecule has 0 bridgehead atoms. The van der Waals surface area contributed by atoms with Crippen LogP contribution in [0.2, 0.25) is 0 Å². The van der Waals surface area contributed by atoms with Crippen LogP contribution in [0.25, 0.3) is 0 Å². The van der Waals surface area contributed by atoms with Crippen LogP contribution in [0.1, 0.15) is 29.5 Å². The summed E-state index contributed by atoms with van der Waals surface area (Å²) in [7, 11) is 0. The zero-order valence-corrected chi connectivity index (χ0v) is 18.3. The van der Waals surface area contributed by atoms with Crippen molar-refractivity contribution in [2.75, 3.05) is 19.7 Å². The molecular weight excluding hydrogens is 402 g/mol. The number of aliphatic carboxylic acids is 1. The van der Waals surface area contributed by atoms with Crippen LogP contribution < -0.4 is 14.8 Å². The molecule has 32 heavy (non-hydrogen) atoms. The Morgan fingerprint density at radius 3 is 2.31 bits per heavy atom. The van der Waals surface area contributed by atoms with Crippen LogP contribution >= 0.6 is 0 Å². The molecule has 0 atom stereocenters. The zero-order chi connectivity index (χ0) is 22.4. The first-order valence-corrected chi connectivity index (χ1v) is 11.1. The Bertz CT molecular complexity index is 941. The predicted octanol–water partition coefficient (Wildman–Crippen LogP) is 4.88. The van der Waals surface area contributed by atoms with Gasteiger partial charge >= 0.3 is 5.97 Å². The van der Waals surface area contributed by atoms with Crippen LogP contribution in [0, 0.1) is 0 Å². The van der Waals surface area contributed by atoms with Gasteiger partial charge in [0.25, 0.3) is 0 Å². The molecule has 0 saturated carbocycles. The van der Waals surface area contributed by atoms with Crippen LogP contribution in [0.3, 0.4) is 0 Å². The van der Waals surface area contributed by atoms with E-state index in [0.29, 0.717) is 19.8 Å². The van der Waals surface area contributed by atoms with Gasteiger partial charge in [0.05, 0.1) is 13.0 Å². The number of carbonyl (C=O) groups is 1. The summed E-state index contributed by atoms with van der Waals surface area (Å²) in [5, 5.41) is 11.8. The summed E-state index contributed by atoms with van der Waals surface area (Å²) >= 11 is 0. The lowest BCUT2D eigenvalue weighted by Gasteiger charge is -2.10. The molecule has 0 aliphatic carbocycles. The van der Waals surface area contributed by atoms with E-state index in [2.05, 4.69) is 41.7 Å². The third kappa shape index (κ3) is 8.82. The number of ether oxygens (including phenoxy) is 2. The van der Waals surface area contributed by atoms with Gasteiger partial charge in [-0.2, -0.15) is 0 Å². The van der Waals surface area contributed by atoms with Crippen LogP contribution in [0.4, 0.5) is 0 Å². The fourth-order valence-electron chi connectivity index (χ4n) is 3.31. The molecule has 3 aromatic carbocycles. The van der Waals surface area contributed by atoms with E-state index in [-0.39, 0.29) is 6.42 Å². The van der Waals surface area contributed by atoms with Gasteiger partial charge in [0.2, 0.25) is 0 Å². The number of nitrogens with one attached hydrogen (secondary N) is 1. The van der Waals surface area contributed by atoms with Crippen molar-refractivity contribution in [2.24, 2.45) is 0 Å². The third-order valence-corrected chi connectivity index (χ3v) is 5.06. The first-order valence-electron chi connectivity index (χ1n) is 11.1. The summed E-state index contributed by atoms with van der Waals surface area (Å²) in [6.45, 7) is 2.50. The summed E-state index contributed by atoms with van der Waals surface area (Å²) in [5.74, 6) is 0.975. The van der Waals surface area contributed by atoms with Gasteiger partial charge in [-0.25, -0.2) is 0 Å². The van der Waals surface area contributed by atoms with Crippen molar-refractivity contribution in [1.82, 2.24) is 5.32 Å². The Morgan fingerprint density at radius 2 is 1.53 bits per heavy atom. The second-order valence-corrected chi connectivity index (χ2v) is 7.66. The average molecular weight is 434 g/mol. The van der Waals surface area contributed by atoms with Gasteiger partial charge in [-0.15, -0.1) is 0 Å². The van der Waals surface area contributed by atoms with Crippen molar-refractivity contribution < 1.29 is 19.4 Å². The van der Waals surface area contributed by atoms with Gasteiger partial charge in [-0.1, -0.05) is 54.6 Å². The van der Waals surface area contributed by atoms with E-state index in [1.165, 1.54) is 11.1 Å². The number of aryl methyl sites for hydroxylation is 1. The second kappa shape index (κ2) is 13.2. The molecule has 0 radical (unpaired) electrons. The van der Waals surface area contributed by atoms with E-state index in [1.807, 2.05) is 42.5 Å². The molecule has 0 aliphatic rings. The van der Waals surface area contributed by atoms with Gasteiger partial charge in [-0.05, 0) is 60.3 Å². The second-order valence-electron chi connectivity index (χ2n) is 7.66. The summed E-state index contributed by atoms with van der Waals surface area (Å²) in [4.78, 5) is 10.5. The smallest absolute Gasteiger partial charge is 0.304 e. The molecular formula is C27H31NO4. The molecule has 0 fully saturated rings. The van der Waals surface area contributed by atoms with Gasteiger partial charge in [0, 0.05) is 13.0 Å². The lowest BCUT2D eigenvalue weighted by Crippen LogP contribution is -2.19. The van der Waals surface area contributed by atoms with E-state index in [9.17, 15) is 4.79 Å². The number of hydrogen-bond donors (Lipinski definition) is 2. The minimum absolute atomic E-state index is 0.159. The van der Waals surface area contributed by atoms with E-state index >= 15 is 0 Å². The molecule has 0 aliphatic heterocycles. The Hall–Kier alpha value is -3.31. The highest BCUT2D eigenvalue weighted by Crippen LogP contribution is 2.17. The Morgan fingerprint density at radius 1 is 0.750 bits per heavy atom. The summed E-state index contributed by atoms with van der Waals surface area (Å²) < 4.78 is 11.8. The van der Waals surface area contributed by atoms with Gasteiger partial charge in [-0.3, -0.25) is 4.79 Å². The lowest BCUT2D eigenvalue weighted by molar-refractivity contribution is -0.136. The molecule has 168 valence electrons. The van der Waals surface area contributed by atoms with Gasteiger partial charge in [0.1, 0.15) is 18.1 Å². The monoisotopic (exact) mass is 433 g/mol. The number of benzene rings is 3. The first kappa shape index (κ1) is 23.4. The third-order valence-electron chi connectivity index (χ3n) is 5.06. The summed E-state index contributed by atoms with van der Waals surface area (Å²) in [6.07, 6.45) is 2.88. The van der Waals surface area contributed by atoms with E-state index in [4.69, 9.17) is 14.6 Å². The highest BCUT2D eigenvalue weighted by atomic mass is 16.5. The van der Waals surface area contributed by atoms with Crippen LogP contribution in [0.15, 0.2) is 78.9 Å². The molecule has 0 aromatic heterocycles. The van der Waals surface area contributed by atoms with Gasteiger partial charge < -0.3 is 19.9 Å². The standard InChI is InChI=1S/C27H31NO4/c29-27(30)15-18-28-17-5-9-23-8-4-10-26(20-23)31-19-16-22-11-13-25(14-12-22)32-21-24-6-2-1-3-7-24/h1-4,6-8,10-14,20,28H,5,9,15-19,21H2,(H,29,30). The minimum Gasteiger partial charge on any atom is -0.493 e. The van der Waals surface area contributed by atoms with Crippen molar-refractivity contribution in [3.8, 4) is 11.5 Å². The molecule has 3 aromatic rings. The maximum atomic E-state index is 10.5. The average Bonchev–Trinajstić information content (AvgIpc) is 2.81. The highest BCUT2D eigenvalue weighted by Gasteiger charge is 2.01. The van der Waals surface area contributed by atoms with Crippen molar-refractivity contribution in [1.29, 1.82) is 0 Å². The number of hydrogen-bond acceptors (Lipinski definition) is 4. The SMILES string of the molecule is O=C(O)CCNCCCc1cccc(OCCc2ccc(OCc3ccccc3)cc2)c1. The van der Waals surface area contributed by atoms with E-state index in [1.54, 1.807) is 0 Å². The Kier molecular flexibility index (Phi) is 9.62. The molecule has 0 saturated heterocycles. The predicted molar refractivity (Wildman–Crippen MR) is 126 cm³/mol. The first-order chi connectivity index (χ1) is 15.7. The number of rotatable bonds is 14. The fourth-order valence-corrected chi connectivity index (χ4v) is 3.31. The van der Waals surface area contributed by atoms with Crippen molar-refractivity contribution in [3.63, 3.8) is 0 Å². The highest BCUT2D eigenvalue weighted by molar-refractivity contribution is 5.66. The fraction of sp³-hybridized carbons (Fsp3) is 0.296. The molecule has 3 rings (SSSR count). The number of carboxylic acids is 1. The summed E-state index contributed by atoms with van der Waals surface area (Å²) in [6, 6.07) is 26.5. The molecule has 2 N–H and O–H groups in total. The van der Waals surface area contributed by atoms with Crippen LogP contribution in [-0.2, 0) is 24.2 Å². The molecule has 0 unspecified atom stereocenters. The molecule has 0 amide bonds. The largest absolute Gasteiger partial charge is 0.493 e. The molecule has 5 nitrogen and oxygen atoms in total. The van der Waals surface area contributed by atoms with E-state index in [0.717, 1.165) is 42.9 Å².